The van der Waals surface area contributed by atoms with E-state index in [0.717, 1.165) is 17.5 Å². The summed E-state index contributed by atoms with van der Waals surface area (Å²) in [5.74, 6) is -0.335. The van der Waals surface area contributed by atoms with Crippen molar-refractivity contribution in [2.75, 3.05) is 29.0 Å². The highest BCUT2D eigenvalue weighted by Gasteiger charge is 2.27. The minimum atomic E-state index is -3.34. The van der Waals surface area contributed by atoms with Crippen LogP contribution in [0.1, 0.15) is 42.3 Å². The lowest BCUT2D eigenvalue weighted by Crippen LogP contribution is -2.35. The number of hydrogen-bond acceptors (Lipinski definition) is 5. The third kappa shape index (κ3) is 4.10. The summed E-state index contributed by atoms with van der Waals surface area (Å²) in [6.45, 7) is 3.51. The maximum atomic E-state index is 13.3. The Labute approximate surface area is 203 Å². The van der Waals surface area contributed by atoms with Gasteiger partial charge in [-0.05, 0) is 78.2 Å². The third-order valence-electron chi connectivity index (χ3n) is 6.50. The number of carbonyl (C=O) groups excluding carboxylic acids is 2. The molecule has 5 rings (SSSR count). The molecule has 0 atom stereocenters. The van der Waals surface area contributed by atoms with Gasteiger partial charge in [0.05, 0.1) is 11.9 Å². The summed E-state index contributed by atoms with van der Waals surface area (Å²) in [7, 11) is -3.34. The van der Waals surface area contributed by atoms with E-state index in [9.17, 15) is 18.0 Å². The molecule has 0 unspecified atom stereocenters. The summed E-state index contributed by atoms with van der Waals surface area (Å²) < 4.78 is 25.3. The molecule has 0 saturated heterocycles. The number of anilines is 2. The summed E-state index contributed by atoms with van der Waals surface area (Å²) in [6.07, 6.45) is 2.61. The Kier molecular flexibility index (Phi) is 5.69. The van der Waals surface area contributed by atoms with Gasteiger partial charge in [-0.2, -0.15) is 0 Å². The van der Waals surface area contributed by atoms with Crippen LogP contribution in [0.4, 0.5) is 11.4 Å². The molecule has 0 aliphatic carbocycles. The first-order valence-corrected chi connectivity index (χ1v) is 13.8. The van der Waals surface area contributed by atoms with E-state index in [0.29, 0.717) is 48.6 Å². The minimum absolute atomic E-state index is 0.0381. The van der Waals surface area contributed by atoms with E-state index in [2.05, 4.69) is 16.8 Å². The zero-order valence-electron chi connectivity index (χ0n) is 19.0. The molecule has 0 radical (unpaired) electrons. The van der Waals surface area contributed by atoms with Crippen LogP contribution in [-0.4, -0.2) is 44.5 Å². The fourth-order valence-electron chi connectivity index (χ4n) is 4.65. The highest BCUT2D eigenvalue weighted by atomic mass is 32.2. The van der Waals surface area contributed by atoms with Crippen molar-refractivity contribution in [2.45, 2.75) is 26.3 Å². The summed E-state index contributed by atoms with van der Waals surface area (Å²) in [5, 5.41) is 5.00. The van der Waals surface area contributed by atoms with Gasteiger partial charge in [0.1, 0.15) is 0 Å². The van der Waals surface area contributed by atoms with Crippen LogP contribution >= 0.6 is 11.3 Å². The largest absolute Gasteiger partial charge is 0.334 e. The standard InChI is InChI=1S/C25H25N3O4S2/c1-16-20(25(30)27-11-9-23-19(15-27)10-13-33-23)4-3-5-21(16)26-24(29)18-6-7-22-17(14-18)8-12-28(22)34(2,31)32/h3-7,10,13-14H,8-9,11-12,15H2,1-2H3,(H,26,29). The van der Waals surface area contributed by atoms with Crippen LogP contribution in [0.15, 0.2) is 47.8 Å². The van der Waals surface area contributed by atoms with Crippen molar-refractivity contribution < 1.29 is 18.0 Å². The van der Waals surface area contributed by atoms with Crippen molar-refractivity contribution in [3.05, 3.63) is 80.5 Å². The number of nitrogens with zero attached hydrogens (tertiary/aromatic N) is 2. The lowest BCUT2D eigenvalue weighted by Gasteiger charge is -2.28. The van der Waals surface area contributed by atoms with Gasteiger partial charge in [0.2, 0.25) is 10.0 Å². The van der Waals surface area contributed by atoms with Gasteiger partial charge in [0, 0.05) is 41.3 Å². The molecule has 0 fully saturated rings. The fourth-order valence-corrected chi connectivity index (χ4v) is 6.49. The van der Waals surface area contributed by atoms with E-state index >= 15 is 0 Å². The summed E-state index contributed by atoms with van der Waals surface area (Å²) in [4.78, 5) is 29.5. The number of benzene rings is 2. The van der Waals surface area contributed by atoms with Gasteiger partial charge < -0.3 is 10.2 Å². The van der Waals surface area contributed by atoms with Crippen molar-refractivity contribution in [3.8, 4) is 0 Å². The summed E-state index contributed by atoms with van der Waals surface area (Å²) in [6, 6.07) is 12.5. The number of amides is 2. The minimum Gasteiger partial charge on any atom is -0.334 e. The predicted molar refractivity (Wildman–Crippen MR) is 134 cm³/mol. The van der Waals surface area contributed by atoms with Gasteiger partial charge in [-0.1, -0.05) is 6.07 Å². The molecule has 0 spiro atoms. The van der Waals surface area contributed by atoms with Crippen molar-refractivity contribution >= 4 is 44.5 Å². The number of carbonyl (C=O) groups is 2. The average Bonchev–Trinajstić information content (AvgIpc) is 3.45. The number of nitrogens with one attached hydrogen (secondary N) is 1. The molecule has 1 aromatic heterocycles. The Balaban J connectivity index is 1.34. The summed E-state index contributed by atoms with van der Waals surface area (Å²) >= 11 is 1.74. The average molecular weight is 496 g/mol. The third-order valence-corrected chi connectivity index (χ3v) is 8.71. The Hall–Kier alpha value is -3.17. The molecular weight excluding hydrogens is 470 g/mol. The monoisotopic (exact) mass is 495 g/mol. The molecule has 2 aliphatic heterocycles. The van der Waals surface area contributed by atoms with Crippen molar-refractivity contribution in [1.82, 2.24) is 4.90 Å². The molecule has 1 N–H and O–H groups in total. The van der Waals surface area contributed by atoms with Crippen LogP contribution in [0, 0.1) is 6.92 Å². The fraction of sp³-hybridized carbons (Fsp3) is 0.280. The van der Waals surface area contributed by atoms with E-state index in [4.69, 9.17) is 0 Å². The quantitative estimate of drug-likeness (QED) is 0.596. The molecule has 176 valence electrons. The van der Waals surface area contributed by atoms with Crippen LogP contribution in [0.5, 0.6) is 0 Å². The Morgan fingerprint density at radius 2 is 1.85 bits per heavy atom. The molecule has 3 aromatic rings. The lowest BCUT2D eigenvalue weighted by atomic mass is 10.0. The maximum absolute atomic E-state index is 13.3. The van der Waals surface area contributed by atoms with Gasteiger partial charge in [-0.25, -0.2) is 8.42 Å². The van der Waals surface area contributed by atoms with Crippen LogP contribution < -0.4 is 9.62 Å². The van der Waals surface area contributed by atoms with Gasteiger partial charge in [0.15, 0.2) is 0 Å². The Morgan fingerprint density at radius 1 is 1.03 bits per heavy atom. The van der Waals surface area contributed by atoms with Gasteiger partial charge >= 0.3 is 0 Å². The van der Waals surface area contributed by atoms with E-state index in [1.54, 1.807) is 47.7 Å². The molecule has 34 heavy (non-hydrogen) atoms. The van der Waals surface area contributed by atoms with Crippen molar-refractivity contribution in [1.29, 1.82) is 0 Å². The second-order valence-corrected chi connectivity index (χ2v) is 11.6. The molecule has 0 saturated carbocycles. The molecule has 0 bridgehead atoms. The molecule has 3 heterocycles. The first-order chi connectivity index (χ1) is 16.2. The zero-order chi connectivity index (χ0) is 24.0. The molecule has 7 nitrogen and oxygen atoms in total. The number of sulfonamides is 1. The first kappa shape index (κ1) is 22.6. The van der Waals surface area contributed by atoms with E-state index in [1.165, 1.54) is 21.0 Å². The number of rotatable bonds is 4. The van der Waals surface area contributed by atoms with Gasteiger partial charge in [-0.3, -0.25) is 13.9 Å². The Bertz CT molecular complexity index is 1410. The van der Waals surface area contributed by atoms with Gasteiger partial charge in [-0.15, -0.1) is 11.3 Å². The first-order valence-electron chi connectivity index (χ1n) is 11.1. The number of fused-ring (bicyclic) bond motifs is 2. The zero-order valence-corrected chi connectivity index (χ0v) is 20.6. The SMILES string of the molecule is Cc1c(NC(=O)c2ccc3c(c2)CCN3S(C)(=O)=O)cccc1C(=O)N1CCc2sccc2C1. The molecule has 9 heteroatoms. The number of thiophene rings is 1. The van der Waals surface area contributed by atoms with Crippen LogP contribution in [0.2, 0.25) is 0 Å². The molecule has 2 aromatic carbocycles. The smallest absolute Gasteiger partial charge is 0.255 e. The normalized spacial score (nSPS) is 15.1. The highest BCUT2D eigenvalue weighted by Crippen LogP contribution is 2.31. The molecular formula is C25H25N3O4S2. The molecule has 2 amide bonds. The highest BCUT2D eigenvalue weighted by molar-refractivity contribution is 7.92. The lowest BCUT2D eigenvalue weighted by molar-refractivity contribution is 0.0735. The van der Waals surface area contributed by atoms with Gasteiger partial charge in [0.25, 0.3) is 11.8 Å². The Morgan fingerprint density at radius 3 is 2.65 bits per heavy atom. The predicted octanol–water partition coefficient (Wildman–Crippen LogP) is 3.83. The maximum Gasteiger partial charge on any atom is 0.255 e. The molecule has 2 aliphatic rings. The van der Waals surface area contributed by atoms with E-state index in [1.807, 2.05) is 11.8 Å². The van der Waals surface area contributed by atoms with Crippen molar-refractivity contribution in [3.63, 3.8) is 0 Å². The van der Waals surface area contributed by atoms with Crippen molar-refractivity contribution in [2.24, 2.45) is 0 Å². The topological polar surface area (TPSA) is 86.8 Å². The van der Waals surface area contributed by atoms with E-state index in [-0.39, 0.29) is 11.8 Å². The summed E-state index contributed by atoms with van der Waals surface area (Å²) in [5.41, 5.74) is 5.00. The van der Waals surface area contributed by atoms with E-state index < -0.39 is 10.0 Å². The van der Waals surface area contributed by atoms with Crippen LogP contribution in [-0.2, 0) is 29.4 Å². The second kappa shape index (κ2) is 8.56. The second-order valence-electron chi connectivity index (χ2n) is 8.71. The van der Waals surface area contributed by atoms with Crippen LogP contribution in [0.25, 0.3) is 0 Å². The van der Waals surface area contributed by atoms with Crippen LogP contribution in [0.3, 0.4) is 0 Å². The number of hydrogen-bond donors (Lipinski definition) is 1.